The summed E-state index contributed by atoms with van der Waals surface area (Å²) in [5, 5.41) is 5.81. The quantitative estimate of drug-likeness (QED) is 0.788. The average Bonchev–Trinajstić information content (AvgIpc) is 3.13. The van der Waals surface area contributed by atoms with Crippen LogP contribution in [0.5, 0.6) is 0 Å². The fourth-order valence-corrected chi connectivity index (χ4v) is 3.65. The van der Waals surface area contributed by atoms with E-state index in [2.05, 4.69) is 42.7 Å². The van der Waals surface area contributed by atoms with Gasteiger partial charge in [0.15, 0.2) is 11.6 Å². The van der Waals surface area contributed by atoms with Crippen LogP contribution in [0.15, 0.2) is 36.4 Å². The van der Waals surface area contributed by atoms with Crippen LogP contribution < -0.4 is 15.5 Å². The minimum Gasteiger partial charge on any atom is -0.371 e. The van der Waals surface area contributed by atoms with Crippen molar-refractivity contribution < 1.29 is 13.6 Å². The van der Waals surface area contributed by atoms with Crippen LogP contribution in [0.3, 0.4) is 0 Å². The van der Waals surface area contributed by atoms with Gasteiger partial charge in [-0.3, -0.25) is 0 Å². The molecule has 28 heavy (non-hydrogen) atoms. The monoisotopic (exact) mass is 387 g/mol. The Labute approximate surface area is 164 Å². The Kier molecular flexibility index (Phi) is 6.49. The van der Waals surface area contributed by atoms with Crippen LogP contribution in [0.2, 0.25) is 0 Å². The van der Waals surface area contributed by atoms with Crippen molar-refractivity contribution in [2.45, 2.75) is 26.7 Å². The van der Waals surface area contributed by atoms with Crippen molar-refractivity contribution in [2.24, 2.45) is 5.92 Å². The predicted molar refractivity (Wildman–Crippen MR) is 108 cm³/mol. The van der Waals surface area contributed by atoms with Crippen molar-refractivity contribution in [1.29, 1.82) is 0 Å². The van der Waals surface area contributed by atoms with Gasteiger partial charge in [0.25, 0.3) is 0 Å². The molecule has 0 radical (unpaired) electrons. The second-order valence-electron chi connectivity index (χ2n) is 7.52. The molecule has 1 aliphatic rings. The Morgan fingerprint density at radius 3 is 2.68 bits per heavy atom. The number of anilines is 1. The fraction of sp³-hybridized carbons (Fsp3) is 0.409. The second-order valence-corrected chi connectivity index (χ2v) is 7.52. The fourth-order valence-electron chi connectivity index (χ4n) is 3.65. The second kappa shape index (κ2) is 9.04. The van der Waals surface area contributed by atoms with Gasteiger partial charge in [0.2, 0.25) is 0 Å². The first-order valence-electron chi connectivity index (χ1n) is 9.70. The molecule has 2 N–H and O–H groups in total. The maximum absolute atomic E-state index is 13.4. The van der Waals surface area contributed by atoms with E-state index < -0.39 is 11.6 Å². The zero-order valence-corrected chi connectivity index (χ0v) is 16.4. The summed E-state index contributed by atoms with van der Waals surface area (Å²) in [5.74, 6) is -1.38. The molecule has 150 valence electrons. The van der Waals surface area contributed by atoms with Crippen LogP contribution in [0.1, 0.15) is 23.1 Å². The lowest BCUT2D eigenvalue weighted by Gasteiger charge is -2.19. The molecule has 0 spiro atoms. The van der Waals surface area contributed by atoms with E-state index in [0.717, 1.165) is 25.5 Å². The smallest absolute Gasteiger partial charge is 0.314 e. The number of hydrogen-bond donors (Lipinski definition) is 2. The van der Waals surface area contributed by atoms with Crippen LogP contribution in [0.25, 0.3) is 0 Å². The molecule has 2 aromatic rings. The summed E-state index contributed by atoms with van der Waals surface area (Å²) in [4.78, 5) is 14.1. The molecule has 0 aliphatic carbocycles. The Morgan fingerprint density at radius 1 is 1.11 bits per heavy atom. The number of nitrogens with zero attached hydrogens (tertiary/aromatic N) is 1. The molecule has 4 nitrogen and oxygen atoms in total. The molecule has 1 heterocycles. The van der Waals surface area contributed by atoms with Gasteiger partial charge in [0, 0.05) is 37.9 Å². The third-order valence-corrected chi connectivity index (χ3v) is 5.28. The number of aryl methyl sites for hydroxylation is 2. The molecule has 2 aromatic carbocycles. The summed E-state index contributed by atoms with van der Waals surface area (Å²) in [6, 6.07) is 10.1. The van der Waals surface area contributed by atoms with Crippen molar-refractivity contribution in [1.82, 2.24) is 10.6 Å². The first-order valence-corrected chi connectivity index (χ1v) is 9.70. The van der Waals surface area contributed by atoms with E-state index in [4.69, 9.17) is 0 Å². The highest BCUT2D eigenvalue weighted by molar-refractivity contribution is 5.73. The lowest BCUT2D eigenvalue weighted by molar-refractivity contribution is 0.239. The molecule has 1 unspecified atom stereocenters. The number of hydrogen-bond acceptors (Lipinski definition) is 2. The number of halogens is 2. The van der Waals surface area contributed by atoms with Gasteiger partial charge in [-0.1, -0.05) is 23.8 Å². The van der Waals surface area contributed by atoms with Gasteiger partial charge in [0.05, 0.1) is 0 Å². The molecule has 0 aromatic heterocycles. The number of carbonyl (C=O) groups is 1. The Morgan fingerprint density at radius 2 is 1.93 bits per heavy atom. The molecule has 0 bridgehead atoms. The summed E-state index contributed by atoms with van der Waals surface area (Å²) in [6.45, 7) is 6.79. The van der Waals surface area contributed by atoms with E-state index in [1.54, 1.807) is 6.07 Å². The van der Waals surface area contributed by atoms with Crippen molar-refractivity contribution in [3.05, 3.63) is 64.7 Å². The van der Waals surface area contributed by atoms with Gasteiger partial charge in [0.1, 0.15) is 0 Å². The summed E-state index contributed by atoms with van der Waals surface area (Å²) >= 11 is 0. The van der Waals surface area contributed by atoms with E-state index in [0.29, 0.717) is 31.2 Å². The number of nitrogens with one attached hydrogen (secondary N) is 2. The van der Waals surface area contributed by atoms with Gasteiger partial charge in [-0.15, -0.1) is 0 Å². The van der Waals surface area contributed by atoms with Gasteiger partial charge < -0.3 is 15.5 Å². The molecular weight excluding hydrogens is 360 g/mol. The van der Waals surface area contributed by atoms with E-state index in [1.807, 2.05) is 4.90 Å². The Hall–Kier alpha value is -2.63. The summed E-state index contributed by atoms with van der Waals surface area (Å²) in [7, 11) is 0. The first kappa shape index (κ1) is 20.1. The largest absolute Gasteiger partial charge is 0.371 e. The summed E-state index contributed by atoms with van der Waals surface area (Å²) in [5.41, 5.74) is 4.40. The summed E-state index contributed by atoms with van der Waals surface area (Å²) < 4.78 is 26.5. The minimum atomic E-state index is -0.835. The Balaban J connectivity index is 1.38. The maximum atomic E-state index is 13.4. The first-order chi connectivity index (χ1) is 13.4. The number of carbonyl (C=O) groups excluding carboxylic acids is 1. The van der Waals surface area contributed by atoms with Crippen molar-refractivity contribution in [3.8, 4) is 0 Å². The average molecular weight is 387 g/mol. The maximum Gasteiger partial charge on any atom is 0.314 e. The third kappa shape index (κ3) is 5.21. The minimum absolute atomic E-state index is 0.170. The van der Waals surface area contributed by atoms with Crippen molar-refractivity contribution in [3.63, 3.8) is 0 Å². The zero-order chi connectivity index (χ0) is 20.1. The normalized spacial score (nSPS) is 16.3. The Bertz CT molecular complexity index is 841. The van der Waals surface area contributed by atoms with E-state index in [-0.39, 0.29) is 6.03 Å². The van der Waals surface area contributed by atoms with Crippen LogP contribution in [-0.4, -0.2) is 32.2 Å². The lowest BCUT2D eigenvalue weighted by Crippen LogP contribution is -2.39. The third-order valence-electron chi connectivity index (χ3n) is 5.28. The standard InChI is InChI=1S/C22H27F2N3O/c1-15-3-4-18(16(2)11-15)7-9-25-22(28)26-13-17-8-10-27(14-17)19-5-6-20(23)21(24)12-19/h3-6,11-12,17H,7-10,13-14H2,1-2H3,(H2,25,26,28). The molecule has 2 amide bonds. The van der Waals surface area contributed by atoms with E-state index in [1.165, 1.54) is 22.8 Å². The van der Waals surface area contributed by atoms with Crippen molar-refractivity contribution in [2.75, 3.05) is 31.1 Å². The lowest BCUT2D eigenvalue weighted by atomic mass is 10.0. The number of amides is 2. The molecule has 1 fully saturated rings. The highest BCUT2D eigenvalue weighted by atomic mass is 19.2. The van der Waals surface area contributed by atoms with Gasteiger partial charge in [-0.25, -0.2) is 13.6 Å². The van der Waals surface area contributed by atoms with Crippen LogP contribution >= 0.6 is 0 Å². The molecule has 3 rings (SSSR count). The van der Waals surface area contributed by atoms with Gasteiger partial charge in [-0.05, 0) is 55.9 Å². The number of urea groups is 1. The van der Waals surface area contributed by atoms with Gasteiger partial charge in [-0.2, -0.15) is 0 Å². The molecule has 0 saturated carbocycles. The highest BCUT2D eigenvalue weighted by Gasteiger charge is 2.23. The molecule has 1 atom stereocenters. The number of benzene rings is 2. The number of rotatable bonds is 6. The van der Waals surface area contributed by atoms with Crippen LogP contribution in [0.4, 0.5) is 19.3 Å². The van der Waals surface area contributed by atoms with Crippen LogP contribution in [-0.2, 0) is 6.42 Å². The molecule has 6 heteroatoms. The molecule has 1 aliphatic heterocycles. The summed E-state index contributed by atoms with van der Waals surface area (Å²) in [6.07, 6.45) is 1.70. The van der Waals surface area contributed by atoms with Crippen LogP contribution in [0, 0.1) is 31.4 Å². The predicted octanol–water partition coefficient (Wildman–Crippen LogP) is 3.95. The van der Waals surface area contributed by atoms with E-state index in [9.17, 15) is 13.6 Å². The topological polar surface area (TPSA) is 44.4 Å². The molecular formula is C22H27F2N3O. The zero-order valence-electron chi connectivity index (χ0n) is 16.4. The SMILES string of the molecule is Cc1ccc(CCNC(=O)NCC2CCN(c3ccc(F)c(F)c3)C2)c(C)c1. The van der Waals surface area contributed by atoms with Gasteiger partial charge >= 0.3 is 6.03 Å². The van der Waals surface area contributed by atoms with E-state index >= 15 is 0 Å². The highest BCUT2D eigenvalue weighted by Crippen LogP contribution is 2.25. The van der Waals surface area contributed by atoms with Crippen molar-refractivity contribution >= 4 is 11.7 Å². The molecule has 1 saturated heterocycles.